The highest BCUT2D eigenvalue weighted by molar-refractivity contribution is 8.18. The minimum atomic E-state index is -0.793. The van der Waals surface area contributed by atoms with Gasteiger partial charge in [-0.05, 0) is 60.5 Å². The van der Waals surface area contributed by atoms with Gasteiger partial charge in [0.2, 0.25) is 0 Å². The predicted molar refractivity (Wildman–Crippen MR) is 149 cm³/mol. The maximum absolute atomic E-state index is 12.7. The number of thioether (sulfide) groups is 1. The van der Waals surface area contributed by atoms with Crippen LogP contribution in [0.1, 0.15) is 28.4 Å². The summed E-state index contributed by atoms with van der Waals surface area (Å²) in [5.41, 5.74) is 1.45. The van der Waals surface area contributed by atoms with Gasteiger partial charge < -0.3 is 14.6 Å². The lowest BCUT2D eigenvalue weighted by Crippen LogP contribution is -2.14. The van der Waals surface area contributed by atoms with Gasteiger partial charge in [0.05, 0.1) is 21.5 Å². The molecule has 4 rings (SSSR count). The van der Waals surface area contributed by atoms with Crippen molar-refractivity contribution >= 4 is 52.0 Å². The fourth-order valence-electron chi connectivity index (χ4n) is 3.48. The number of benzene rings is 3. The fraction of sp³-hybridized carbons (Fsp3) is 0.107. The molecule has 0 aromatic heterocycles. The monoisotopic (exact) mass is 564 g/mol. The van der Waals surface area contributed by atoms with Crippen LogP contribution in [0, 0.1) is 10.1 Å². The first-order valence-corrected chi connectivity index (χ1v) is 12.8. The number of amides is 1. The quantitative estimate of drug-likeness (QED) is 0.186. The molecule has 39 heavy (non-hydrogen) atoms. The van der Waals surface area contributed by atoms with Gasteiger partial charge in [0.15, 0.2) is 0 Å². The lowest BCUT2D eigenvalue weighted by Gasteiger charge is -2.09. The summed E-state index contributed by atoms with van der Waals surface area (Å²) in [6.07, 6.45) is 1.60. The van der Waals surface area contributed by atoms with E-state index in [1.807, 2.05) is 0 Å². The third-order valence-electron chi connectivity index (χ3n) is 5.39. The average molecular weight is 565 g/mol. The van der Waals surface area contributed by atoms with Crippen LogP contribution in [0.3, 0.4) is 0 Å². The summed E-state index contributed by atoms with van der Waals surface area (Å²) >= 11 is 7.37. The molecule has 3 aromatic carbocycles. The van der Waals surface area contributed by atoms with Crippen molar-refractivity contribution in [2.75, 3.05) is 6.61 Å². The zero-order valence-corrected chi connectivity index (χ0v) is 22.1. The fourth-order valence-corrected chi connectivity index (χ4v) is 4.74. The zero-order valence-electron chi connectivity index (χ0n) is 20.5. The Morgan fingerprint density at radius 2 is 1.82 bits per heavy atom. The highest BCUT2D eigenvalue weighted by Gasteiger charge is 2.34. The number of aliphatic hydroxyl groups is 1. The predicted octanol–water partition coefficient (Wildman–Crippen LogP) is 6.53. The second-order valence-electron chi connectivity index (χ2n) is 8.04. The molecule has 0 radical (unpaired) electrons. The molecule has 1 amide bonds. The highest BCUT2D eigenvalue weighted by atomic mass is 35.5. The number of nitro benzene ring substituents is 1. The number of aliphatic imine (C=N–C) groups is 1. The van der Waals surface area contributed by atoms with Gasteiger partial charge in [-0.1, -0.05) is 47.6 Å². The number of esters is 1. The molecule has 9 nitrogen and oxygen atoms in total. The van der Waals surface area contributed by atoms with Crippen LogP contribution in [0.15, 0.2) is 94.0 Å². The van der Waals surface area contributed by atoms with Crippen LogP contribution >= 0.6 is 23.4 Å². The van der Waals surface area contributed by atoms with Crippen molar-refractivity contribution in [3.8, 4) is 5.75 Å². The van der Waals surface area contributed by atoms with Crippen LogP contribution in [0.2, 0.25) is 5.02 Å². The molecule has 198 valence electrons. The summed E-state index contributed by atoms with van der Waals surface area (Å²) in [6.45, 7) is 1.86. The van der Waals surface area contributed by atoms with Crippen molar-refractivity contribution in [2.45, 2.75) is 13.5 Å². The van der Waals surface area contributed by atoms with E-state index >= 15 is 0 Å². The Morgan fingerprint density at radius 1 is 1.10 bits per heavy atom. The largest absolute Gasteiger partial charge is 0.506 e. The number of hydrogen-bond donors (Lipinski definition) is 1. The molecule has 11 heteroatoms. The van der Waals surface area contributed by atoms with Gasteiger partial charge in [-0.25, -0.2) is 9.79 Å². The smallest absolute Gasteiger partial charge is 0.344 e. The van der Waals surface area contributed by atoms with Crippen molar-refractivity contribution in [2.24, 2.45) is 4.99 Å². The number of carbonyl (C=O) groups excluding carboxylic acids is 2. The molecule has 1 heterocycles. The summed E-state index contributed by atoms with van der Waals surface area (Å²) in [5.74, 6) is -1.32. The number of non-ortho nitro benzene ring substituents is 1. The molecular weight excluding hydrogens is 544 g/mol. The number of halogens is 1. The Hall–Kier alpha value is -4.41. The Kier molecular flexibility index (Phi) is 8.80. The van der Waals surface area contributed by atoms with Crippen molar-refractivity contribution < 1.29 is 29.1 Å². The summed E-state index contributed by atoms with van der Waals surface area (Å²) in [5, 5.41) is 22.0. The molecule has 0 aliphatic carbocycles. The zero-order chi connectivity index (χ0) is 27.9. The number of rotatable bonds is 8. The molecule has 0 atom stereocenters. The number of nitrogens with zero attached hydrogens (tertiary/aromatic N) is 2. The van der Waals surface area contributed by atoms with Crippen LogP contribution in [-0.2, 0) is 16.1 Å². The van der Waals surface area contributed by atoms with Crippen LogP contribution < -0.4 is 4.74 Å². The first-order chi connectivity index (χ1) is 18.8. The number of ether oxygens (including phenoxy) is 2. The topological polar surface area (TPSA) is 128 Å². The second-order valence-corrected chi connectivity index (χ2v) is 9.48. The molecule has 0 saturated carbocycles. The lowest BCUT2D eigenvalue weighted by molar-refractivity contribution is -0.384. The molecule has 0 bridgehead atoms. The first kappa shape index (κ1) is 27.6. The lowest BCUT2D eigenvalue weighted by atomic mass is 10.1. The SMILES string of the molecule is CCOC(=O)C1=C(O)/C(=C/c2ccc(OCc3ccc([N+](=O)[O-])cc3)c(Cl)c2)SC1=NC(=O)c1ccccc1. The Labute approximate surface area is 232 Å². The third kappa shape index (κ3) is 6.73. The maximum Gasteiger partial charge on any atom is 0.344 e. The van der Waals surface area contributed by atoms with Gasteiger partial charge in [0.25, 0.3) is 11.6 Å². The van der Waals surface area contributed by atoms with Gasteiger partial charge >= 0.3 is 5.97 Å². The second kappa shape index (κ2) is 12.4. The van der Waals surface area contributed by atoms with Crippen molar-refractivity contribution in [1.82, 2.24) is 0 Å². The highest BCUT2D eigenvalue weighted by Crippen LogP contribution is 2.40. The minimum absolute atomic E-state index is 0.0139. The Balaban J connectivity index is 1.55. The maximum atomic E-state index is 12.7. The molecule has 0 saturated heterocycles. The van der Waals surface area contributed by atoms with Gasteiger partial charge in [0, 0.05) is 17.7 Å². The van der Waals surface area contributed by atoms with Gasteiger partial charge in [-0.3, -0.25) is 14.9 Å². The number of nitro groups is 1. The molecule has 0 spiro atoms. The minimum Gasteiger partial charge on any atom is -0.506 e. The molecule has 1 N–H and O–H groups in total. The van der Waals surface area contributed by atoms with Crippen molar-refractivity contribution in [1.29, 1.82) is 0 Å². The van der Waals surface area contributed by atoms with E-state index in [1.165, 1.54) is 12.1 Å². The molecule has 3 aromatic rings. The summed E-state index contributed by atoms with van der Waals surface area (Å²) in [4.78, 5) is 39.9. The van der Waals surface area contributed by atoms with Gasteiger partial charge in [-0.15, -0.1) is 0 Å². The molecule has 1 aliphatic heterocycles. The van der Waals surface area contributed by atoms with Crippen LogP contribution in [0.25, 0.3) is 6.08 Å². The van der Waals surface area contributed by atoms with E-state index in [9.17, 15) is 24.8 Å². The van der Waals surface area contributed by atoms with Crippen molar-refractivity contribution in [3.63, 3.8) is 0 Å². The van der Waals surface area contributed by atoms with E-state index in [4.69, 9.17) is 21.1 Å². The van der Waals surface area contributed by atoms with Crippen molar-refractivity contribution in [3.05, 3.63) is 121 Å². The van der Waals surface area contributed by atoms with Crippen LogP contribution in [0.4, 0.5) is 5.69 Å². The summed E-state index contributed by atoms with van der Waals surface area (Å²) in [6, 6.07) is 19.3. The number of aliphatic hydroxyl groups excluding tert-OH is 1. The van der Waals surface area contributed by atoms with Gasteiger partial charge in [0.1, 0.15) is 28.7 Å². The van der Waals surface area contributed by atoms with Gasteiger partial charge in [-0.2, -0.15) is 0 Å². The number of carbonyl (C=O) groups is 2. The summed E-state index contributed by atoms with van der Waals surface area (Å²) in [7, 11) is 0. The number of hydrogen-bond acceptors (Lipinski definition) is 8. The molecule has 0 fully saturated rings. The average Bonchev–Trinajstić information content (AvgIpc) is 3.23. The van der Waals surface area contributed by atoms with E-state index in [0.717, 1.165) is 17.3 Å². The van der Waals surface area contributed by atoms with E-state index in [2.05, 4.69) is 4.99 Å². The first-order valence-electron chi connectivity index (χ1n) is 11.6. The van der Waals surface area contributed by atoms with Crippen LogP contribution in [0.5, 0.6) is 5.75 Å². The standard InChI is InChI=1S/C28H21ClN2O7S/c1-2-37-28(34)24-25(32)23(39-27(24)30-26(33)19-6-4-3-5-7-19)15-18-10-13-22(21(29)14-18)38-16-17-8-11-20(12-9-17)31(35)36/h3-15,32H,2,16H2,1H3/b23-15-,30-27?. The normalized spacial score (nSPS) is 15.0. The molecule has 0 unspecified atom stereocenters. The van der Waals surface area contributed by atoms with E-state index < -0.39 is 16.8 Å². The summed E-state index contributed by atoms with van der Waals surface area (Å²) < 4.78 is 10.8. The van der Waals surface area contributed by atoms with E-state index in [0.29, 0.717) is 16.9 Å². The third-order valence-corrected chi connectivity index (χ3v) is 6.70. The van der Waals surface area contributed by atoms with E-state index in [-0.39, 0.29) is 45.2 Å². The van der Waals surface area contributed by atoms with Crippen LogP contribution in [-0.4, -0.2) is 33.6 Å². The Bertz CT molecular complexity index is 1520. The van der Waals surface area contributed by atoms with E-state index in [1.54, 1.807) is 73.7 Å². The Morgan fingerprint density at radius 3 is 2.46 bits per heavy atom. The molecular formula is C28H21ClN2O7S. The molecule has 1 aliphatic rings.